The van der Waals surface area contributed by atoms with Crippen LogP contribution >= 0.6 is 11.3 Å². The summed E-state index contributed by atoms with van der Waals surface area (Å²) in [6, 6.07) is 22.7. The molecule has 13 heteroatoms. The van der Waals surface area contributed by atoms with Gasteiger partial charge in [-0.15, -0.1) is 11.3 Å². The topological polar surface area (TPSA) is 163 Å². The van der Waals surface area contributed by atoms with E-state index in [2.05, 4.69) is 28.9 Å². The molecule has 1 saturated heterocycles. The summed E-state index contributed by atoms with van der Waals surface area (Å²) < 4.78 is 26.8. The summed E-state index contributed by atoms with van der Waals surface area (Å²) in [7, 11) is -3.68. The van der Waals surface area contributed by atoms with E-state index in [1.807, 2.05) is 77.1 Å². The van der Waals surface area contributed by atoms with Crippen LogP contribution in [0.5, 0.6) is 0 Å². The van der Waals surface area contributed by atoms with Crippen molar-refractivity contribution in [2.45, 2.75) is 78.7 Å². The first-order valence-electron chi connectivity index (χ1n) is 17.1. The molecule has 0 radical (unpaired) electrons. The first-order chi connectivity index (χ1) is 24.5. The third kappa shape index (κ3) is 11.3. The maximum Gasteiger partial charge on any atom is 0.335 e. The highest BCUT2D eigenvalue weighted by molar-refractivity contribution is 7.93. The number of thiazole rings is 1. The number of carboxylic acids is 1. The average molecular weight is 749 g/mol. The van der Waals surface area contributed by atoms with E-state index in [0.717, 1.165) is 12.0 Å². The van der Waals surface area contributed by atoms with Crippen molar-refractivity contribution in [2.24, 2.45) is 17.3 Å². The van der Waals surface area contributed by atoms with Crippen LogP contribution in [0.3, 0.4) is 0 Å². The van der Waals surface area contributed by atoms with Gasteiger partial charge in [-0.3, -0.25) is 24.0 Å². The summed E-state index contributed by atoms with van der Waals surface area (Å²) in [6.45, 7) is 13.9. The van der Waals surface area contributed by atoms with Crippen LogP contribution in [-0.4, -0.2) is 47.1 Å². The predicted octanol–water partition coefficient (Wildman–Crippen LogP) is 8.04. The molecule has 3 aromatic carbocycles. The van der Waals surface area contributed by atoms with Gasteiger partial charge >= 0.3 is 5.97 Å². The van der Waals surface area contributed by atoms with Gasteiger partial charge in [-0.1, -0.05) is 90.9 Å². The lowest BCUT2D eigenvalue weighted by Crippen LogP contribution is -2.30. The van der Waals surface area contributed by atoms with E-state index in [9.17, 15) is 27.6 Å². The Hall–Kier alpha value is -4.88. The Morgan fingerprint density at radius 1 is 0.923 bits per heavy atom. The molecule has 1 aliphatic heterocycles. The van der Waals surface area contributed by atoms with Gasteiger partial charge in [0.15, 0.2) is 5.13 Å². The minimum atomic E-state index is -3.68. The molecule has 52 heavy (non-hydrogen) atoms. The fraction of sp³-hybridized carbons (Fsp3) is 0.359. The highest BCUT2D eigenvalue weighted by Gasteiger charge is 2.41. The summed E-state index contributed by atoms with van der Waals surface area (Å²) in [5.41, 5.74) is 2.63. The molecule has 0 unspecified atom stereocenters. The van der Waals surface area contributed by atoms with Crippen LogP contribution in [0.1, 0.15) is 88.7 Å². The number of imide groups is 1. The number of aromatic nitrogens is 1. The lowest BCUT2D eigenvalue weighted by Gasteiger charge is -2.21. The van der Waals surface area contributed by atoms with Crippen molar-refractivity contribution in [3.05, 3.63) is 107 Å². The summed E-state index contributed by atoms with van der Waals surface area (Å²) in [6.07, 6.45) is 3.31. The number of likely N-dealkylation sites (tertiary alicyclic amines) is 1. The SMILES string of the molecule is CCC(C)(C)C(=O)Nc1ccc(S(=O)(=O)Nc2nccs2)cc1.CC[C@H](C)c1ccc(C(=O)O)cc1.C[C@@H]1C(=O)N(Cc2ccccc2)C(=O)[C@@H]1C. The normalized spacial score (nSPS) is 16.2. The number of nitrogens with zero attached hydrogens (tertiary/aromatic N) is 2. The molecule has 0 aliphatic carbocycles. The van der Waals surface area contributed by atoms with E-state index in [4.69, 9.17) is 5.11 Å². The van der Waals surface area contributed by atoms with Crippen molar-refractivity contribution in [3.8, 4) is 0 Å². The molecule has 1 aliphatic rings. The van der Waals surface area contributed by atoms with Crippen molar-refractivity contribution < 1.29 is 32.7 Å². The number of rotatable bonds is 11. The Morgan fingerprint density at radius 3 is 1.98 bits per heavy atom. The third-order valence-electron chi connectivity index (χ3n) is 9.16. The second-order valence-electron chi connectivity index (χ2n) is 13.2. The van der Waals surface area contributed by atoms with E-state index in [-0.39, 0.29) is 34.5 Å². The van der Waals surface area contributed by atoms with E-state index < -0.39 is 21.4 Å². The van der Waals surface area contributed by atoms with Gasteiger partial charge in [0.25, 0.3) is 10.0 Å². The number of anilines is 2. The number of benzene rings is 3. The van der Waals surface area contributed by atoms with Crippen molar-refractivity contribution in [3.63, 3.8) is 0 Å². The van der Waals surface area contributed by atoms with Gasteiger partial charge in [0, 0.05) is 34.5 Å². The second kappa shape index (κ2) is 18.6. The zero-order valence-corrected chi connectivity index (χ0v) is 32.3. The summed E-state index contributed by atoms with van der Waals surface area (Å²) >= 11 is 1.20. The Morgan fingerprint density at radius 2 is 1.50 bits per heavy atom. The largest absolute Gasteiger partial charge is 0.478 e. The zero-order chi connectivity index (χ0) is 38.6. The van der Waals surface area contributed by atoms with Gasteiger partial charge in [0.2, 0.25) is 17.7 Å². The number of sulfonamides is 1. The molecule has 3 N–H and O–H groups in total. The number of nitrogens with one attached hydrogen (secondary N) is 2. The quantitative estimate of drug-likeness (QED) is 0.130. The molecular weight excluding hydrogens is 701 g/mol. The number of hydrogen-bond acceptors (Lipinski definition) is 8. The summed E-state index contributed by atoms with van der Waals surface area (Å²) in [5.74, 6) is -0.940. The van der Waals surface area contributed by atoms with Crippen LogP contribution in [0.15, 0.2) is 95.3 Å². The predicted molar refractivity (Wildman–Crippen MR) is 205 cm³/mol. The Bertz CT molecular complexity index is 1880. The van der Waals surface area contributed by atoms with Crippen molar-refractivity contribution >= 4 is 55.9 Å². The molecule has 11 nitrogen and oxygen atoms in total. The Labute approximate surface area is 310 Å². The van der Waals surface area contributed by atoms with Crippen molar-refractivity contribution in [2.75, 3.05) is 10.0 Å². The van der Waals surface area contributed by atoms with E-state index in [1.165, 1.54) is 40.1 Å². The summed E-state index contributed by atoms with van der Waals surface area (Å²) in [4.78, 5) is 51.7. The molecule has 1 fully saturated rings. The van der Waals surface area contributed by atoms with Crippen LogP contribution in [-0.2, 0) is 31.0 Å². The van der Waals surface area contributed by atoms with Crippen LogP contribution < -0.4 is 10.0 Å². The number of amides is 3. The van der Waals surface area contributed by atoms with Gasteiger partial charge in [0.05, 0.1) is 17.0 Å². The fourth-order valence-corrected chi connectivity index (χ4v) is 6.55. The minimum Gasteiger partial charge on any atom is -0.478 e. The number of aromatic carboxylic acids is 1. The average Bonchev–Trinajstić information content (AvgIpc) is 3.71. The Kier molecular flexibility index (Phi) is 14.8. The molecule has 0 bridgehead atoms. The van der Waals surface area contributed by atoms with E-state index >= 15 is 0 Å². The Balaban J connectivity index is 0.000000220. The van der Waals surface area contributed by atoms with Crippen molar-refractivity contribution in [1.82, 2.24) is 9.88 Å². The zero-order valence-electron chi connectivity index (χ0n) is 30.6. The van der Waals surface area contributed by atoms with Crippen LogP contribution in [0.2, 0.25) is 0 Å². The molecule has 5 rings (SSSR count). The second-order valence-corrected chi connectivity index (χ2v) is 15.8. The molecule has 0 saturated carbocycles. The van der Waals surface area contributed by atoms with Gasteiger partial charge in [0.1, 0.15) is 0 Å². The van der Waals surface area contributed by atoms with Gasteiger partial charge in [-0.25, -0.2) is 18.2 Å². The standard InChI is InChI=1S/C15H19N3O3S2.C13H15NO2.C11H14O2/c1-4-15(2,3)13(19)17-11-5-7-12(8-6-11)23(20,21)18-14-16-9-10-22-14;1-9-10(2)13(16)14(12(9)15)8-11-6-4-3-5-7-11;1-3-8(2)9-4-6-10(7-5-9)11(12)13/h5-10H,4H2,1-3H3,(H,16,18)(H,17,19);3-7,9-10H,8H2,1-2H3;4-8H,3H2,1-2H3,(H,12,13)/t;9-,10+;8-/m..0/s1. The highest BCUT2D eigenvalue weighted by Crippen LogP contribution is 2.27. The molecule has 3 atom stereocenters. The number of carbonyl (C=O) groups excluding carboxylic acids is 3. The van der Waals surface area contributed by atoms with Gasteiger partial charge in [-0.2, -0.15) is 0 Å². The third-order valence-corrected chi connectivity index (χ3v) is 11.3. The van der Waals surface area contributed by atoms with Crippen LogP contribution in [0.25, 0.3) is 0 Å². The monoisotopic (exact) mass is 748 g/mol. The van der Waals surface area contributed by atoms with E-state index in [0.29, 0.717) is 35.3 Å². The number of carboxylic acid groups (broad SMARTS) is 1. The maximum atomic E-state index is 12.2. The smallest absolute Gasteiger partial charge is 0.335 e. The van der Waals surface area contributed by atoms with Crippen LogP contribution in [0.4, 0.5) is 10.8 Å². The summed E-state index contributed by atoms with van der Waals surface area (Å²) in [5, 5.41) is 13.5. The van der Waals surface area contributed by atoms with Gasteiger partial charge in [-0.05, 0) is 66.3 Å². The lowest BCUT2D eigenvalue weighted by atomic mass is 9.89. The van der Waals surface area contributed by atoms with Crippen molar-refractivity contribution in [1.29, 1.82) is 0 Å². The first-order valence-corrected chi connectivity index (χ1v) is 19.4. The molecular formula is C39H48N4O7S2. The molecule has 0 spiro atoms. The molecule has 4 aromatic rings. The van der Waals surface area contributed by atoms with Crippen LogP contribution in [0, 0.1) is 17.3 Å². The lowest BCUT2D eigenvalue weighted by molar-refractivity contribution is -0.140. The van der Waals surface area contributed by atoms with E-state index in [1.54, 1.807) is 29.6 Å². The highest BCUT2D eigenvalue weighted by atomic mass is 32.2. The maximum absolute atomic E-state index is 12.2. The fourth-order valence-electron chi connectivity index (χ4n) is 4.77. The van der Waals surface area contributed by atoms with Gasteiger partial charge < -0.3 is 10.4 Å². The number of carbonyl (C=O) groups is 4. The molecule has 2 heterocycles. The first kappa shape index (κ1) is 41.5. The molecule has 1 aromatic heterocycles. The molecule has 278 valence electrons. The minimum absolute atomic E-state index is 0.0543. The number of hydrogen-bond donors (Lipinski definition) is 3. The molecule has 3 amide bonds.